The molecule has 0 aliphatic carbocycles. The standard InChI is InChI=1S/C29H33F2N3O4S/c1-4-5-18-32-29(36)22(3)33(19-23-10-6-7-11-25(23)30)28(35)20-34(27-13-9-8-12-26(27)31)39(37,38)24-16-14-21(2)15-17-24/h6-17,22H,4-5,18-20H2,1-3H3,(H,32,36)/t22-/m0/s1. The smallest absolute Gasteiger partial charge is 0.264 e. The minimum atomic E-state index is -4.40. The summed E-state index contributed by atoms with van der Waals surface area (Å²) in [4.78, 5) is 27.6. The zero-order valence-corrected chi connectivity index (χ0v) is 23.0. The Kier molecular flexibility index (Phi) is 10.2. The highest BCUT2D eigenvalue weighted by Crippen LogP contribution is 2.27. The third kappa shape index (κ3) is 7.41. The number of nitrogens with zero attached hydrogens (tertiary/aromatic N) is 2. The number of aryl methyl sites for hydroxylation is 1. The first-order valence-corrected chi connectivity index (χ1v) is 14.1. The Balaban J connectivity index is 2.02. The van der Waals surface area contributed by atoms with Gasteiger partial charge in [-0.25, -0.2) is 17.2 Å². The number of carbonyl (C=O) groups excluding carboxylic acids is 2. The lowest BCUT2D eigenvalue weighted by Gasteiger charge is -2.32. The van der Waals surface area contributed by atoms with Crippen LogP contribution in [0, 0.1) is 18.6 Å². The second-order valence-electron chi connectivity index (χ2n) is 9.21. The van der Waals surface area contributed by atoms with E-state index in [0.29, 0.717) is 10.8 Å². The molecule has 0 saturated carbocycles. The van der Waals surface area contributed by atoms with Crippen molar-refractivity contribution in [3.8, 4) is 0 Å². The number of para-hydroxylation sites is 1. The van der Waals surface area contributed by atoms with E-state index < -0.39 is 46.1 Å². The fourth-order valence-corrected chi connectivity index (χ4v) is 5.36. The van der Waals surface area contributed by atoms with Crippen molar-refractivity contribution in [1.29, 1.82) is 0 Å². The van der Waals surface area contributed by atoms with E-state index in [2.05, 4.69) is 5.32 Å². The number of benzene rings is 3. The van der Waals surface area contributed by atoms with E-state index in [1.807, 2.05) is 6.92 Å². The topological polar surface area (TPSA) is 86.8 Å². The van der Waals surface area contributed by atoms with Gasteiger partial charge in [0, 0.05) is 18.7 Å². The Bertz CT molecular complexity index is 1400. The lowest BCUT2D eigenvalue weighted by Crippen LogP contribution is -2.51. The monoisotopic (exact) mass is 557 g/mol. The summed E-state index contributed by atoms with van der Waals surface area (Å²) >= 11 is 0. The van der Waals surface area contributed by atoms with Gasteiger partial charge in [-0.05, 0) is 50.6 Å². The van der Waals surface area contributed by atoms with Crippen LogP contribution in [0.4, 0.5) is 14.5 Å². The van der Waals surface area contributed by atoms with Crippen molar-refractivity contribution in [3.63, 3.8) is 0 Å². The van der Waals surface area contributed by atoms with Gasteiger partial charge in [0.15, 0.2) is 0 Å². The van der Waals surface area contributed by atoms with Gasteiger partial charge in [0.25, 0.3) is 10.0 Å². The van der Waals surface area contributed by atoms with Gasteiger partial charge in [0.1, 0.15) is 24.2 Å². The molecule has 0 aliphatic rings. The van der Waals surface area contributed by atoms with Crippen LogP contribution in [0.15, 0.2) is 77.7 Å². The third-order valence-corrected chi connectivity index (χ3v) is 8.08. The van der Waals surface area contributed by atoms with Crippen LogP contribution in [-0.2, 0) is 26.2 Å². The molecule has 0 aliphatic heterocycles. The Morgan fingerprint density at radius 3 is 2.15 bits per heavy atom. The summed E-state index contributed by atoms with van der Waals surface area (Å²) in [5, 5.41) is 2.76. The number of halogens is 2. The molecule has 3 rings (SSSR count). The van der Waals surface area contributed by atoms with E-state index >= 15 is 0 Å². The molecule has 1 atom stereocenters. The van der Waals surface area contributed by atoms with Gasteiger partial charge in [-0.1, -0.05) is 61.4 Å². The number of rotatable bonds is 12. The lowest BCUT2D eigenvalue weighted by molar-refractivity contribution is -0.139. The van der Waals surface area contributed by atoms with Crippen molar-refractivity contribution in [2.75, 3.05) is 17.4 Å². The number of sulfonamides is 1. The van der Waals surface area contributed by atoms with E-state index in [4.69, 9.17) is 0 Å². The summed E-state index contributed by atoms with van der Waals surface area (Å²) in [7, 11) is -4.40. The number of unbranched alkanes of at least 4 members (excludes halogenated alkanes) is 1. The molecular weight excluding hydrogens is 524 g/mol. The van der Waals surface area contributed by atoms with Gasteiger partial charge in [-0.3, -0.25) is 13.9 Å². The fraction of sp³-hybridized carbons (Fsp3) is 0.310. The second kappa shape index (κ2) is 13.3. The fourth-order valence-electron chi connectivity index (χ4n) is 3.93. The van der Waals surface area contributed by atoms with Crippen molar-refractivity contribution in [1.82, 2.24) is 10.2 Å². The first kappa shape index (κ1) is 29.8. The summed E-state index contributed by atoms with van der Waals surface area (Å²) in [6.45, 7) is 4.55. The number of anilines is 1. The number of nitrogens with one attached hydrogen (secondary N) is 1. The van der Waals surface area contributed by atoms with Gasteiger partial charge in [-0.2, -0.15) is 0 Å². The normalized spacial score (nSPS) is 12.0. The summed E-state index contributed by atoms with van der Waals surface area (Å²) in [5.41, 5.74) is 0.650. The van der Waals surface area contributed by atoms with E-state index in [1.54, 1.807) is 25.1 Å². The van der Waals surface area contributed by atoms with Crippen LogP contribution in [0.3, 0.4) is 0 Å². The van der Waals surface area contributed by atoms with Gasteiger partial charge >= 0.3 is 0 Å². The minimum absolute atomic E-state index is 0.129. The summed E-state index contributed by atoms with van der Waals surface area (Å²) in [5.74, 6) is -2.68. The van der Waals surface area contributed by atoms with Crippen LogP contribution < -0.4 is 9.62 Å². The average Bonchev–Trinajstić information content (AvgIpc) is 2.91. The van der Waals surface area contributed by atoms with Crippen LogP contribution >= 0.6 is 0 Å². The predicted molar refractivity (Wildman–Crippen MR) is 146 cm³/mol. The SMILES string of the molecule is CCCCNC(=O)[C@H](C)N(Cc1ccccc1F)C(=O)CN(c1ccccc1F)S(=O)(=O)c1ccc(C)cc1. The summed E-state index contributed by atoms with van der Waals surface area (Å²) in [6, 6.07) is 15.9. The maximum absolute atomic E-state index is 14.9. The molecule has 208 valence electrons. The molecule has 39 heavy (non-hydrogen) atoms. The predicted octanol–water partition coefficient (Wildman–Crippen LogP) is 4.80. The molecule has 1 N–H and O–H groups in total. The number of carbonyl (C=O) groups is 2. The molecule has 7 nitrogen and oxygen atoms in total. The molecule has 10 heteroatoms. The molecule has 3 aromatic rings. The quantitative estimate of drug-likeness (QED) is 0.324. The Morgan fingerprint density at radius 1 is 0.923 bits per heavy atom. The zero-order valence-electron chi connectivity index (χ0n) is 22.2. The molecule has 0 saturated heterocycles. The number of hydrogen-bond donors (Lipinski definition) is 1. The van der Waals surface area contributed by atoms with Crippen molar-refractivity contribution in [2.24, 2.45) is 0 Å². The van der Waals surface area contributed by atoms with Crippen molar-refractivity contribution in [3.05, 3.63) is 95.6 Å². The lowest BCUT2D eigenvalue weighted by atomic mass is 10.1. The van der Waals surface area contributed by atoms with E-state index in [9.17, 15) is 26.8 Å². The van der Waals surface area contributed by atoms with E-state index in [1.165, 1.54) is 55.5 Å². The number of amides is 2. The first-order valence-electron chi connectivity index (χ1n) is 12.7. The molecule has 0 fully saturated rings. The van der Waals surface area contributed by atoms with Crippen LogP contribution in [0.1, 0.15) is 37.8 Å². The van der Waals surface area contributed by atoms with Crippen molar-refractivity contribution < 1.29 is 26.8 Å². The zero-order chi connectivity index (χ0) is 28.6. The summed E-state index contributed by atoms with van der Waals surface area (Å²) in [6.07, 6.45) is 1.58. The average molecular weight is 558 g/mol. The molecule has 0 unspecified atom stereocenters. The second-order valence-corrected chi connectivity index (χ2v) is 11.1. The van der Waals surface area contributed by atoms with Gasteiger partial charge in [0.2, 0.25) is 11.8 Å². The minimum Gasteiger partial charge on any atom is -0.354 e. The van der Waals surface area contributed by atoms with Gasteiger partial charge in [-0.15, -0.1) is 0 Å². The maximum atomic E-state index is 14.9. The molecular formula is C29H33F2N3O4S. The third-order valence-electron chi connectivity index (χ3n) is 6.30. The van der Waals surface area contributed by atoms with Crippen molar-refractivity contribution in [2.45, 2.75) is 51.1 Å². The van der Waals surface area contributed by atoms with Crippen LogP contribution in [0.5, 0.6) is 0 Å². The molecule has 3 aromatic carbocycles. The molecule has 0 spiro atoms. The molecule has 0 heterocycles. The van der Waals surface area contributed by atoms with E-state index in [-0.39, 0.29) is 22.7 Å². The molecule has 0 bridgehead atoms. The summed E-state index contributed by atoms with van der Waals surface area (Å²) < 4.78 is 57.5. The van der Waals surface area contributed by atoms with Gasteiger partial charge in [0.05, 0.1) is 10.6 Å². The highest BCUT2D eigenvalue weighted by atomic mass is 32.2. The van der Waals surface area contributed by atoms with Crippen molar-refractivity contribution >= 4 is 27.5 Å². The molecule has 0 radical (unpaired) electrons. The Labute approximate surface area is 228 Å². The van der Waals surface area contributed by atoms with E-state index in [0.717, 1.165) is 29.4 Å². The molecule has 0 aromatic heterocycles. The Hall–Kier alpha value is -3.79. The highest BCUT2D eigenvalue weighted by molar-refractivity contribution is 7.92. The highest BCUT2D eigenvalue weighted by Gasteiger charge is 2.33. The molecule has 2 amide bonds. The first-order chi connectivity index (χ1) is 18.6. The Morgan fingerprint density at radius 2 is 1.54 bits per heavy atom. The van der Waals surface area contributed by atoms with Crippen LogP contribution in [0.2, 0.25) is 0 Å². The van der Waals surface area contributed by atoms with Crippen LogP contribution in [-0.4, -0.2) is 44.3 Å². The number of hydrogen-bond acceptors (Lipinski definition) is 4. The maximum Gasteiger partial charge on any atom is 0.264 e. The van der Waals surface area contributed by atoms with Crippen LogP contribution in [0.25, 0.3) is 0 Å². The largest absolute Gasteiger partial charge is 0.354 e. The van der Waals surface area contributed by atoms with Gasteiger partial charge < -0.3 is 10.2 Å².